The van der Waals surface area contributed by atoms with Crippen molar-refractivity contribution in [1.29, 1.82) is 0 Å². The van der Waals surface area contributed by atoms with E-state index < -0.39 is 35.1 Å². The Morgan fingerprint density at radius 2 is 1.69 bits per heavy atom. The number of hydrogen-bond acceptors (Lipinski definition) is 5. The third-order valence-corrected chi connectivity index (χ3v) is 9.95. The number of likely N-dealkylation sites (tertiary alicyclic amines) is 1. The Kier molecular flexibility index (Phi) is 8.14. The Labute approximate surface area is 264 Å². The van der Waals surface area contributed by atoms with Crippen LogP contribution in [0.4, 0.5) is 5.69 Å². The van der Waals surface area contributed by atoms with Crippen LogP contribution in [0.1, 0.15) is 32.3 Å². The highest BCUT2D eigenvalue weighted by atomic mass is 16.5. The second-order valence-corrected chi connectivity index (χ2v) is 12.8. The molecule has 1 N–H and O–H groups in total. The van der Waals surface area contributed by atoms with Crippen LogP contribution in [0.25, 0.3) is 10.8 Å². The minimum Gasteiger partial charge on any atom is -0.394 e. The number of benzene rings is 3. The standard InChI is InChI=1S/C37H41N3O5/c1-5-20-38(23-26-12-8-7-9-13-26)33(42)30-31-34(43)40(25(3)24-41)32(37(31)19-18-36(30,4)45-37)35(44)39(21-6-2)29-17-16-27-14-10-11-15-28(27)22-29/h5-17,22,25,30-32,41H,1-2,18-21,23-24H2,3-4H3/t25-,30+,31+,32?,36-,37?/m1/s1. The molecule has 3 fully saturated rings. The van der Waals surface area contributed by atoms with Crippen molar-refractivity contribution in [2.24, 2.45) is 11.8 Å². The van der Waals surface area contributed by atoms with Crippen LogP contribution >= 0.6 is 0 Å². The van der Waals surface area contributed by atoms with Crippen LogP contribution in [-0.4, -0.2) is 75.6 Å². The third-order valence-electron chi connectivity index (χ3n) is 9.95. The van der Waals surface area contributed by atoms with Gasteiger partial charge in [-0.05, 0) is 55.2 Å². The average molecular weight is 608 g/mol. The van der Waals surface area contributed by atoms with Crippen LogP contribution in [-0.2, 0) is 25.7 Å². The first kappa shape index (κ1) is 30.7. The summed E-state index contributed by atoms with van der Waals surface area (Å²) in [7, 11) is 0. The number of ether oxygens (including phenoxy) is 1. The molecule has 0 radical (unpaired) electrons. The van der Waals surface area contributed by atoms with Crippen molar-refractivity contribution >= 4 is 34.2 Å². The molecule has 234 valence electrons. The minimum absolute atomic E-state index is 0.191. The summed E-state index contributed by atoms with van der Waals surface area (Å²) in [4.78, 5) is 48.7. The van der Waals surface area contributed by atoms with Crippen molar-refractivity contribution in [2.75, 3.05) is 24.6 Å². The summed E-state index contributed by atoms with van der Waals surface area (Å²) < 4.78 is 6.86. The van der Waals surface area contributed by atoms with Crippen molar-refractivity contribution in [3.8, 4) is 0 Å². The fourth-order valence-corrected chi connectivity index (χ4v) is 7.91. The Balaban J connectivity index is 1.41. The molecule has 3 aliphatic rings. The number of hydrogen-bond donors (Lipinski definition) is 1. The molecular weight excluding hydrogens is 566 g/mol. The largest absolute Gasteiger partial charge is 0.394 e. The first-order valence-corrected chi connectivity index (χ1v) is 15.7. The first-order valence-electron chi connectivity index (χ1n) is 15.7. The number of nitrogens with zero attached hydrogens (tertiary/aromatic N) is 3. The van der Waals surface area contributed by atoms with Gasteiger partial charge in [-0.15, -0.1) is 13.2 Å². The summed E-state index contributed by atoms with van der Waals surface area (Å²) in [6, 6.07) is 21.8. The van der Waals surface area contributed by atoms with Gasteiger partial charge < -0.3 is 24.5 Å². The number of fused-ring (bicyclic) bond motifs is 2. The molecule has 6 rings (SSSR count). The van der Waals surface area contributed by atoms with Gasteiger partial charge in [-0.2, -0.15) is 0 Å². The molecule has 0 aromatic heterocycles. The average Bonchev–Trinajstić information content (AvgIpc) is 3.63. The van der Waals surface area contributed by atoms with Crippen LogP contribution in [0.2, 0.25) is 0 Å². The zero-order valence-corrected chi connectivity index (χ0v) is 26.0. The molecule has 2 unspecified atom stereocenters. The number of amides is 3. The quantitative estimate of drug-likeness (QED) is 0.319. The highest BCUT2D eigenvalue weighted by molar-refractivity contribution is 6.06. The maximum Gasteiger partial charge on any atom is 0.253 e. The predicted molar refractivity (Wildman–Crippen MR) is 174 cm³/mol. The molecule has 3 amide bonds. The van der Waals surface area contributed by atoms with Gasteiger partial charge in [0.05, 0.1) is 30.1 Å². The monoisotopic (exact) mass is 607 g/mol. The molecule has 8 heteroatoms. The van der Waals surface area contributed by atoms with Gasteiger partial charge >= 0.3 is 0 Å². The van der Waals surface area contributed by atoms with Crippen LogP contribution in [0.3, 0.4) is 0 Å². The third kappa shape index (κ3) is 4.96. The smallest absolute Gasteiger partial charge is 0.253 e. The van der Waals surface area contributed by atoms with Gasteiger partial charge in [-0.1, -0.05) is 72.8 Å². The Bertz CT molecular complexity index is 1640. The van der Waals surface area contributed by atoms with Crippen LogP contribution < -0.4 is 4.90 Å². The molecule has 3 aromatic rings. The van der Waals surface area contributed by atoms with E-state index in [1.807, 2.05) is 79.7 Å². The van der Waals surface area contributed by atoms with Crippen molar-refractivity contribution in [1.82, 2.24) is 9.80 Å². The van der Waals surface area contributed by atoms with E-state index in [0.717, 1.165) is 16.3 Å². The second-order valence-electron chi connectivity index (χ2n) is 12.8. The fraction of sp³-hybridized carbons (Fsp3) is 0.378. The molecule has 45 heavy (non-hydrogen) atoms. The van der Waals surface area contributed by atoms with Crippen LogP contribution in [0.5, 0.6) is 0 Å². The molecular formula is C37H41N3O5. The molecule has 3 saturated heterocycles. The summed E-state index contributed by atoms with van der Waals surface area (Å²) in [5, 5.41) is 12.3. The summed E-state index contributed by atoms with van der Waals surface area (Å²) >= 11 is 0. The number of rotatable bonds is 11. The van der Waals surface area contributed by atoms with E-state index in [1.165, 1.54) is 4.90 Å². The molecule has 3 heterocycles. The van der Waals surface area contributed by atoms with Gasteiger partial charge in [0.2, 0.25) is 11.8 Å². The van der Waals surface area contributed by atoms with E-state index in [4.69, 9.17) is 4.74 Å². The molecule has 2 bridgehead atoms. The lowest BCUT2D eigenvalue weighted by molar-refractivity contribution is -0.152. The Morgan fingerprint density at radius 3 is 2.38 bits per heavy atom. The molecule has 1 spiro atoms. The number of anilines is 1. The zero-order valence-electron chi connectivity index (χ0n) is 26.0. The Hall–Kier alpha value is -4.27. The molecule has 3 aliphatic heterocycles. The summed E-state index contributed by atoms with van der Waals surface area (Å²) in [5.74, 6) is -2.49. The van der Waals surface area contributed by atoms with Crippen molar-refractivity contribution in [3.05, 3.63) is 104 Å². The second kappa shape index (κ2) is 11.9. The normalized spacial score (nSPS) is 27.3. The van der Waals surface area contributed by atoms with E-state index in [0.29, 0.717) is 31.6 Å². The lowest BCUT2D eigenvalue weighted by Gasteiger charge is -2.38. The van der Waals surface area contributed by atoms with Crippen LogP contribution in [0, 0.1) is 11.8 Å². The predicted octanol–water partition coefficient (Wildman–Crippen LogP) is 4.72. The number of carbonyl (C=O) groups is 3. The summed E-state index contributed by atoms with van der Waals surface area (Å²) in [6.07, 6.45) is 4.33. The number of aliphatic hydroxyl groups excluding tert-OH is 1. The summed E-state index contributed by atoms with van der Waals surface area (Å²) in [6.45, 7) is 12.0. The van der Waals surface area contributed by atoms with Crippen molar-refractivity contribution in [2.45, 2.75) is 56.5 Å². The molecule has 3 aromatic carbocycles. The minimum atomic E-state index is -1.21. The Morgan fingerprint density at radius 1 is 1.00 bits per heavy atom. The SMILES string of the molecule is C=CCN(Cc1ccccc1)C(=O)[C@@H]1[C@H]2C(=O)N([C@H](C)CO)C(C(=O)N(CC=C)c3ccc4ccccc4c3)C23CC[C@@]1(C)O3. The maximum absolute atomic E-state index is 14.8. The lowest BCUT2D eigenvalue weighted by Crippen LogP contribution is -2.58. The molecule has 0 aliphatic carbocycles. The van der Waals surface area contributed by atoms with Gasteiger partial charge in [0.1, 0.15) is 11.6 Å². The van der Waals surface area contributed by atoms with E-state index >= 15 is 0 Å². The van der Waals surface area contributed by atoms with Crippen molar-refractivity contribution in [3.63, 3.8) is 0 Å². The topological polar surface area (TPSA) is 90.4 Å². The van der Waals surface area contributed by atoms with Gasteiger partial charge in [0, 0.05) is 25.3 Å². The molecule has 0 saturated carbocycles. The number of carbonyl (C=O) groups excluding carboxylic acids is 3. The molecule has 6 atom stereocenters. The van der Waals surface area contributed by atoms with E-state index in [9.17, 15) is 19.5 Å². The molecule has 8 nitrogen and oxygen atoms in total. The van der Waals surface area contributed by atoms with Gasteiger partial charge in [-0.25, -0.2) is 0 Å². The fourth-order valence-electron chi connectivity index (χ4n) is 7.91. The van der Waals surface area contributed by atoms with E-state index in [2.05, 4.69) is 13.2 Å². The van der Waals surface area contributed by atoms with E-state index in [-0.39, 0.29) is 30.9 Å². The first-order chi connectivity index (χ1) is 21.7. The van der Waals surface area contributed by atoms with Crippen molar-refractivity contribution < 1.29 is 24.2 Å². The van der Waals surface area contributed by atoms with E-state index in [1.54, 1.807) is 28.9 Å². The lowest BCUT2D eigenvalue weighted by atomic mass is 9.66. The maximum atomic E-state index is 14.8. The highest BCUT2D eigenvalue weighted by Gasteiger charge is 2.78. The summed E-state index contributed by atoms with van der Waals surface area (Å²) in [5.41, 5.74) is -0.496. The van der Waals surface area contributed by atoms with Gasteiger partial charge in [0.25, 0.3) is 5.91 Å². The van der Waals surface area contributed by atoms with Gasteiger partial charge in [0.15, 0.2) is 0 Å². The zero-order chi connectivity index (χ0) is 31.9. The van der Waals surface area contributed by atoms with Gasteiger partial charge in [-0.3, -0.25) is 14.4 Å². The highest BCUT2D eigenvalue weighted by Crippen LogP contribution is 2.64. The number of aliphatic hydroxyl groups is 1. The van der Waals surface area contributed by atoms with Crippen LogP contribution in [0.15, 0.2) is 98.1 Å².